The molecule has 2 aromatic heterocycles. The Morgan fingerprint density at radius 3 is 2.41 bits per heavy atom. The van der Waals surface area contributed by atoms with Crippen molar-refractivity contribution in [3.05, 3.63) is 104 Å². The SMILES string of the molecule is Cc1ccc(Cn2c(=O)c3nc(C(=O)Nc4ccc(Cl)cc4C)nn3c3ccc(C)cc32)cc1. The van der Waals surface area contributed by atoms with Gasteiger partial charge in [0.05, 0.1) is 17.6 Å². The number of carbonyl (C=O) groups is 1. The Morgan fingerprint density at radius 2 is 1.68 bits per heavy atom. The van der Waals surface area contributed by atoms with Gasteiger partial charge in [0.1, 0.15) is 0 Å². The summed E-state index contributed by atoms with van der Waals surface area (Å²) in [7, 11) is 0. The minimum atomic E-state index is -0.501. The quantitative estimate of drug-likeness (QED) is 0.403. The first-order valence-corrected chi connectivity index (χ1v) is 11.2. The van der Waals surface area contributed by atoms with Gasteiger partial charge in [0.2, 0.25) is 11.5 Å². The molecular formula is C26H22ClN5O2. The largest absolute Gasteiger partial charge is 0.319 e. The van der Waals surface area contributed by atoms with Crippen LogP contribution in [0.25, 0.3) is 16.7 Å². The number of aromatic nitrogens is 4. The van der Waals surface area contributed by atoms with Gasteiger partial charge >= 0.3 is 0 Å². The Balaban J connectivity index is 1.63. The average molecular weight is 472 g/mol. The van der Waals surface area contributed by atoms with Crippen LogP contribution >= 0.6 is 11.6 Å². The van der Waals surface area contributed by atoms with Gasteiger partial charge in [-0.25, -0.2) is 4.52 Å². The predicted molar refractivity (Wildman–Crippen MR) is 134 cm³/mol. The van der Waals surface area contributed by atoms with Crippen molar-refractivity contribution in [1.29, 1.82) is 0 Å². The number of amides is 1. The zero-order chi connectivity index (χ0) is 24.0. The van der Waals surface area contributed by atoms with E-state index in [1.54, 1.807) is 22.8 Å². The molecule has 0 atom stereocenters. The van der Waals surface area contributed by atoms with Crippen molar-refractivity contribution in [2.45, 2.75) is 27.3 Å². The number of hydrogen-bond acceptors (Lipinski definition) is 4. The van der Waals surface area contributed by atoms with Gasteiger partial charge in [-0.15, -0.1) is 5.10 Å². The van der Waals surface area contributed by atoms with Crippen molar-refractivity contribution in [2.75, 3.05) is 5.32 Å². The summed E-state index contributed by atoms with van der Waals surface area (Å²) in [6, 6.07) is 19.0. The molecular weight excluding hydrogens is 450 g/mol. The van der Waals surface area contributed by atoms with Gasteiger partial charge in [-0.05, 0) is 67.8 Å². The molecule has 0 radical (unpaired) electrons. The highest BCUT2D eigenvalue weighted by Crippen LogP contribution is 2.21. The molecule has 7 nitrogen and oxygen atoms in total. The van der Waals surface area contributed by atoms with Gasteiger partial charge in [0.15, 0.2) is 0 Å². The zero-order valence-electron chi connectivity index (χ0n) is 19.0. The highest BCUT2D eigenvalue weighted by molar-refractivity contribution is 6.30. The van der Waals surface area contributed by atoms with Crippen LogP contribution in [0, 0.1) is 20.8 Å². The highest BCUT2D eigenvalue weighted by Gasteiger charge is 2.20. The molecule has 34 heavy (non-hydrogen) atoms. The molecule has 0 aliphatic carbocycles. The molecule has 170 valence electrons. The Hall–Kier alpha value is -3.97. The van der Waals surface area contributed by atoms with Crippen molar-refractivity contribution in [1.82, 2.24) is 19.2 Å². The fourth-order valence-corrected chi connectivity index (χ4v) is 4.18. The Bertz CT molecular complexity index is 1630. The standard InChI is InChI=1S/C26H22ClN5O2/c1-15-4-7-18(8-5-15)14-31-22-12-16(2)6-11-21(22)32-24(26(31)34)29-23(30-32)25(33)28-20-10-9-19(27)13-17(20)3/h4-13H,14H2,1-3H3,(H,28,33). The summed E-state index contributed by atoms with van der Waals surface area (Å²) in [5, 5.41) is 7.78. The third-order valence-corrected chi connectivity index (χ3v) is 6.03. The van der Waals surface area contributed by atoms with E-state index in [2.05, 4.69) is 15.4 Å². The van der Waals surface area contributed by atoms with Crippen LogP contribution in [-0.4, -0.2) is 25.1 Å². The lowest BCUT2D eigenvalue weighted by atomic mass is 10.1. The third-order valence-electron chi connectivity index (χ3n) is 5.79. The topological polar surface area (TPSA) is 81.3 Å². The maximum atomic E-state index is 13.5. The van der Waals surface area contributed by atoms with Crippen LogP contribution < -0.4 is 10.9 Å². The van der Waals surface area contributed by atoms with Crippen LogP contribution in [0.3, 0.4) is 0 Å². The van der Waals surface area contributed by atoms with Gasteiger partial charge in [-0.2, -0.15) is 4.98 Å². The number of fused-ring (bicyclic) bond motifs is 3. The van der Waals surface area contributed by atoms with Gasteiger partial charge in [0.25, 0.3) is 11.5 Å². The summed E-state index contributed by atoms with van der Waals surface area (Å²) >= 11 is 6.01. The minimum Gasteiger partial charge on any atom is -0.319 e. The molecule has 0 unspecified atom stereocenters. The molecule has 0 spiro atoms. The van der Waals surface area contributed by atoms with E-state index in [-0.39, 0.29) is 17.0 Å². The molecule has 3 aromatic carbocycles. The molecule has 2 heterocycles. The summed E-state index contributed by atoms with van der Waals surface area (Å²) < 4.78 is 3.13. The molecule has 0 saturated carbocycles. The van der Waals surface area contributed by atoms with Crippen molar-refractivity contribution >= 4 is 39.9 Å². The van der Waals surface area contributed by atoms with Crippen LogP contribution in [-0.2, 0) is 6.54 Å². The second-order valence-electron chi connectivity index (χ2n) is 8.45. The summed E-state index contributed by atoms with van der Waals surface area (Å²) in [5.74, 6) is -0.583. The summed E-state index contributed by atoms with van der Waals surface area (Å²) in [5.41, 5.74) is 5.78. The molecule has 0 aliphatic rings. The van der Waals surface area contributed by atoms with Crippen LogP contribution in [0.5, 0.6) is 0 Å². The number of nitrogens with one attached hydrogen (secondary N) is 1. The predicted octanol–water partition coefficient (Wildman–Crippen LogP) is 4.92. The molecule has 5 aromatic rings. The number of nitrogens with zero attached hydrogens (tertiary/aromatic N) is 4. The second kappa shape index (κ2) is 8.43. The second-order valence-corrected chi connectivity index (χ2v) is 8.89. The van der Waals surface area contributed by atoms with Crippen LogP contribution in [0.2, 0.25) is 5.02 Å². The van der Waals surface area contributed by atoms with Gasteiger partial charge in [-0.3, -0.25) is 14.2 Å². The lowest BCUT2D eigenvalue weighted by Gasteiger charge is -2.12. The number of aryl methyl sites for hydroxylation is 3. The fourth-order valence-electron chi connectivity index (χ4n) is 3.95. The number of halogens is 1. The molecule has 5 rings (SSSR count). The maximum absolute atomic E-state index is 13.5. The molecule has 0 bridgehead atoms. The van der Waals surface area contributed by atoms with Gasteiger partial charge in [0, 0.05) is 10.7 Å². The smallest absolute Gasteiger partial charge is 0.296 e. The van der Waals surface area contributed by atoms with E-state index in [4.69, 9.17) is 11.6 Å². The van der Waals surface area contributed by atoms with Crippen LogP contribution in [0.4, 0.5) is 5.69 Å². The van der Waals surface area contributed by atoms with E-state index < -0.39 is 5.91 Å². The molecule has 0 aliphatic heterocycles. The normalized spacial score (nSPS) is 11.3. The van der Waals surface area contributed by atoms with Crippen molar-refractivity contribution < 1.29 is 4.79 Å². The zero-order valence-corrected chi connectivity index (χ0v) is 19.7. The Morgan fingerprint density at radius 1 is 0.941 bits per heavy atom. The molecule has 8 heteroatoms. The van der Waals surface area contributed by atoms with Crippen molar-refractivity contribution in [2.24, 2.45) is 0 Å². The van der Waals surface area contributed by atoms with Crippen molar-refractivity contribution in [3.8, 4) is 0 Å². The first kappa shape index (κ1) is 21.9. The summed E-state index contributed by atoms with van der Waals surface area (Å²) in [6.45, 7) is 6.22. The number of hydrogen-bond donors (Lipinski definition) is 1. The number of rotatable bonds is 4. The monoisotopic (exact) mass is 471 g/mol. The lowest BCUT2D eigenvalue weighted by molar-refractivity contribution is 0.101. The number of carbonyl (C=O) groups excluding carboxylic acids is 1. The highest BCUT2D eigenvalue weighted by atomic mass is 35.5. The first-order chi connectivity index (χ1) is 16.3. The van der Waals surface area contributed by atoms with Crippen LogP contribution in [0.15, 0.2) is 65.5 Å². The minimum absolute atomic E-state index is 0.0820. The van der Waals surface area contributed by atoms with Gasteiger partial charge in [-0.1, -0.05) is 47.5 Å². The van der Waals surface area contributed by atoms with E-state index in [1.165, 1.54) is 4.52 Å². The van der Waals surface area contributed by atoms with E-state index in [0.717, 1.165) is 27.8 Å². The molecule has 0 fully saturated rings. The van der Waals surface area contributed by atoms with E-state index >= 15 is 0 Å². The number of benzene rings is 3. The van der Waals surface area contributed by atoms with Crippen LogP contribution in [0.1, 0.15) is 32.9 Å². The van der Waals surface area contributed by atoms with E-state index in [0.29, 0.717) is 22.8 Å². The molecule has 0 saturated heterocycles. The fraction of sp³-hybridized carbons (Fsp3) is 0.154. The lowest BCUT2D eigenvalue weighted by Crippen LogP contribution is -2.24. The van der Waals surface area contributed by atoms with E-state index in [1.807, 2.05) is 63.2 Å². The molecule has 1 amide bonds. The average Bonchev–Trinajstić information content (AvgIpc) is 3.26. The maximum Gasteiger partial charge on any atom is 0.296 e. The first-order valence-electron chi connectivity index (χ1n) is 10.8. The van der Waals surface area contributed by atoms with Crippen molar-refractivity contribution in [3.63, 3.8) is 0 Å². The Labute approximate surface area is 200 Å². The Kier molecular flexibility index (Phi) is 5.42. The number of anilines is 1. The molecule has 1 N–H and O–H groups in total. The summed E-state index contributed by atoms with van der Waals surface area (Å²) in [6.07, 6.45) is 0. The van der Waals surface area contributed by atoms with E-state index in [9.17, 15) is 9.59 Å². The summed E-state index contributed by atoms with van der Waals surface area (Å²) in [4.78, 5) is 30.8. The third kappa shape index (κ3) is 3.95. The van der Waals surface area contributed by atoms with Gasteiger partial charge < -0.3 is 5.32 Å².